The quantitative estimate of drug-likeness (QED) is 0.540. The van der Waals surface area contributed by atoms with Crippen molar-refractivity contribution in [1.82, 2.24) is 9.97 Å². The first kappa shape index (κ1) is 9.12. The van der Waals surface area contributed by atoms with Crippen LogP contribution in [-0.4, -0.2) is 23.0 Å². The third-order valence-electron chi connectivity index (χ3n) is 1.36. The Morgan fingerprint density at radius 3 is 2.83 bits per heavy atom. The maximum absolute atomic E-state index is 11.0. The van der Waals surface area contributed by atoms with E-state index < -0.39 is 5.97 Å². The van der Waals surface area contributed by atoms with Gasteiger partial charge in [-0.1, -0.05) is 0 Å². The fraction of sp³-hybridized carbons (Fsp3) is 0.286. The van der Waals surface area contributed by atoms with Crippen LogP contribution in [-0.2, 0) is 4.74 Å². The van der Waals surface area contributed by atoms with Crippen molar-refractivity contribution in [1.29, 1.82) is 0 Å². The molecule has 1 rings (SSSR count). The maximum atomic E-state index is 11.0. The van der Waals surface area contributed by atoms with Crippen molar-refractivity contribution in [2.45, 2.75) is 6.92 Å². The smallest absolute Gasteiger partial charge is 0.341 e. The van der Waals surface area contributed by atoms with Gasteiger partial charge in [0, 0.05) is 6.20 Å². The molecule has 1 aromatic rings. The first-order valence-electron chi connectivity index (χ1n) is 3.22. The van der Waals surface area contributed by atoms with Crippen molar-refractivity contribution >= 4 is 21.9 Å². The summed E-state index contributed by atoms with van der Waals surface area (Å²) in [6.07, 6.45) is 1.43. The van der Waals surface area contributed by atoms with Crippen LogP contribution in [0.1, 0.15) is 16.1 Å². The van der Waals surface area contributed by atoms with Gasteiger partial charge in [-0.15, -0.1) is 0 Å². The first-order valence-corrected chi connectivity index (χ1v) is 4.02. The Labute approximate surface area is 78.1 Å². The topological polar surface area (TPSA) is 52.1 Å². The zero-order chi connectivity index (χ0) is 9.14. The number of hydrogen-bond acceptors (Lipinski definition) is 4. The molecule has 4 nitrogen and oxygen atoms in total. The number of esters is 1. The van der Waals surface area contributed by atoms with E-state index >= 15 is 0 Å². The average molecular weight is 231 g/mol. The van der Waals surface area contributed by atoms with Gasteiger partial charge in [0.05, 0.1) is 18.4 Å². The van der Waals surface area contributed by atoms with E-state index in [9.17, 15) is 4.79 Å². The van der Waals surface area contributed by atoms with E-state index in [1.165, 1.54) is 13.3 Å². The molecule has 0 bridgehead atoms. The van der Waals surface area contributed by atoms with Gasteiger partial charge in [-0.3, -0.25) is 0 Å². The molecule has 0 radical (unpaired) electrons. The second-order valence-electron chi connectivity index (χ2n) is 2.13. The summed E-state index contributed by atoms with van der Waals surface area (Å²) in [7, 11) is 1.32. The van der Waals surface area contributed by atoms with Gasteiger partial charge in [0.25, 0.3) is 0 Å². The molecule has 0 amide bonds. The summed E-state index contributed by atoms with van der Waals surface area (Å²) < 4.78 is 4.99. The molecule has 64 valence electrons. The number of nitrogens with zero attached hydrogens (tertiary/aromatic N) is 2. The summed E-state index contributed by atoms with van der Waals surface area (Å²) in [6, 6.07) is 0. The lowest BCUT2D eigenvalue weighted by atomic mass is 10.2. The van der Waals surface area contributed by atoms with Crippen LogP contribution in [0, 0.1) is 6.92 Å². The molecule has 12 heavy (non-hydrogen) atoms. The highest BCUT2D eigenvalue weighted by molar-refractivity contribution is 9.10. The van der Waals surface area contributed by atoms with Crippen LogP contribution in [0.25, 0.3) is 0 Å². The molecule has 0 N–H and O–H groups in total. The molecule has 0 fully saturated rings. The molecule has 5 heteroatoms. The molecule has 0 aliphatic carbocycles. The van der Waals surface area contributed by atoms with Crippen molar-refractivity contribution in [3.63, 3.8) is 0 Å². The van der Waals surface area contributed by atoms with E-state index in [1.54, 1.807) is 6.92 Å². The molecule has 0 saturated carbocycles. The summed E-state index contributed by atoms with van der Waals surface area (Å²) in [5.74, 6) is -0.417. The molecule has 0 atom stereocenters. The average Bonchev–Trinajstić information content (AvgIpc) is 2.03. The van der Waals surface area contributed by atoms with Crippen LogP contribution < -0.4 is 0 Å². The third kappa shape index (κ3) is 1.79. The van der Waals surface area contributed by atoms with E-state index in [0.717, 1.165) is 0 Å². The largest absolute Gasteiger partial charge is 0.465 e. The fourth-order valence-electron chi connectivity index (χ4n) is 0.749. The molecule has 0 unspecified atom stereocenters. The molecule has 1 heterocycles. The summed E-state index contributed by atoms with van der Waals surface area (Å²) in [4.78, 5) is 18.8. The van der Waals surface area contributed by atoms with Crippen molar-refractivity contribution in [3.05, 3.63) is 22.2 Å². The van der Waals surface area contributed by atoms with Gasteiger partial charge < -0.3 is 4.74 Å². The third-order valence-corrected chi connectivity index (χ3v) is 1.74. The van der Waals surface area contributed by atoms with Crippen LogP contribution in [0.5, 0.6) is 0 Å². The zero-order valence-electron chi connectivity index (χ0n) is 6.67. The van der Waals surface area contributed by atoms with Crippen molar-refractivity contribution in [2.75, 3.05) is 7.11 Å². The second-order valence-corrected chi connectivity index (χ2v) is 2.84. The number of carbonyl (C=O) groups is 1. The lowest BCUT2D eigenvalue weighted by molar-refractivity contribution is 0.0598. The Morgan fingerprint density at radius 1 is 1.67 bits per heavy atom. The minimum absolute atomic E-state index is 0.390. The summed E-state index contributed by atoms with van der Waals surface area (Å²) in [5, 5.41) is 0. The number of hydrogen-bond donors (Lipinski definition) is 0. The number of halogens is 1. The molecule has 0 saturated heterocycles. The molecule has 1 aromatic heterocycles. The highest BCUT2D eigenvalue weighted by Gasteiger charge is 2.10. The Balaban J connectivity index is 3.09. The van der Waals surface area contributed by atoms with Gasteiger partial charge in [0.1, 0.15) is 0 Å². The number of carbonyl (C=O) groups excluding carboxylic acids is 1. The predicted octanol–water partition coefficient (Wildman–Crippen LogP) is 1.33. The highest BCUT2D eigenvalue weighted by atomic mass is 79.9. The highest BCUT2D eigenvalue weighted by Crippen LogP contribution is 2.08. The van der Waals surface area contributed by atoms with Gasteiger partial charge in [0.15, 0.2) is 4.73 Å². The minimum Gasteiger partial charge on any atom is -0.465 e. The van der Waals surface area contributed by atoms with E-state index in [-0.39, 0.29) is 0 Å². The zero-order valence-corrected chi connectivity index (χ0v) is 8.25. The maximum Gasteiger partial charge on any atom is 0.341 e. The van der Waals surface area contributed by atoms with E-state index in [0.29, 0.717) is 16.0 Å². The number of aromatic nitrogens is 2. The van der Waals surface area contributed by atoms with Gasteiger partial charge in [-0.05, 0) is 22.9 Å². The van der Waals surface area contributed by atoms with Crippen molar-refractivity contribution < 1.29 is 9.53 Å². The van der Waals surface area contributed by atoms with Gasteiger partial charge in [-0.25, -0.2) is 14.8 Å². The van der Waals surface area contributed by atoms with E-state index in [1.807, 2.05) is 0 Å². The summed E-state index contributed by atoms with van der Waals surface area (Å²) in [5.41, 5.74) is 0.990. The van der Waals surface area contributed by atoms with E-state index in [2.05, 4.69) is 30.6 Å². The number of methoxy groups -OCH3 is 1. The molecule has 0 spiro atoms. The number of rotatable bonds is 1. The molecular weight excluding hydrogens is 224 g/mol. The summed E-state index contributed by atoms with van der Waals surface area (Å²) in [6.45, 7) is 1.72. The molecule has 0 aliphatic heterocycles. The Kier molecular flexibility index (Phi) is 2.75. The Hall–Kier alpha value is -0.970. The first-order chi connectivity index (χ1) is 5.65. The fourth-order valence-corrected chi connectivity index (χ4v) is 1.12. The monoisotopic (exact) mass is 230 g/mol. The van der Waals surface area contributed by atoms with Crippen molar-refractivity contribution in [3.8, 4) is 0 Å². The number of ether oxygens (including phenoxy) is 1. The van der Waals surface area contributed by atoms with Crippen LogP contribution >= 0.6 is 15.9 Å². The van der Waals surface area contributed by atoms with Gasteiger partial charge >= 0.3 is 5.97 Å². The molecular formula is C7H7BrN2O2. The predicted molar refractivity (Wildman–Crippen MR) is 45.8 cm³/mol. The van der Waals surface area contributed by atoms with E-state index in [4.69, 9.17) is 0 Å². The lowest BCUT2D eigenvalue weighted by Crippen LogP contribution is -2.06. The van der Waals surface area contributed by atoms with Gasteiger partial charge in [-0.2, -0.15) is 0 Å². The van der Waals surface area contributed by atoms with Crippen molar-refractivity contribution in [2.24, 2.45) is 0 Å². The van der Waals surface area contributed by atoms with Gasteiger partial charge in [0.2, 0.25) is 0 Å². The molecule has 0 aliphatic rings. The summed E-state index contributed by atoms with van der Waals surface area (Å²) >= 11 is 3.09. The standard InChI is InChI=1S/C7H7BrN2O2/c1-4-5(6(11)12-2)3-9-7(8)10-4/h3H,1-2H3. The minimum atomic E-state index is -0.417. The SMILES string of the molecule is COC(=O)c1cnc(Br)nc1C. The van der Waals surface area contributed by atoms with Crippen LogP contribution in [0.2, 0.25) is 0 Å². The normalized spacial score (nSPS) is 9.58. The Bertz CT molecular complexity index is 314. The Morgan fingerprint density at radius 2 is 2.33 bits per heavy atom. The van der Waals surface area contributed by atoms with Crippen LogP contribution in [0.3, 0.4) is 0 Å². The molecule has 0 aromatic carbocycles. The number of aryl methyl sites for hydroxylation is 1. The second kappa shape index (κ2) is 3.62. The lowest BCUT2D eigenvalue weighted by Gasteiger charge is -2.01. The van der Waals surface area contributed by atoms with Crippen LogP contribution in [0.4, 0.5) is 0 Å². The van der Waals surface area contributed by atoms with Crippen LogP contribution in [0.15, 0.2) is 10.9 Å².